The van der Waals surface area contributed by atoms with Crippen LogP contribution in [-0.4, -0.2) is 23.2 Å². The molecule has 3 aromatic rings. The molecular formula is C19H21N3O3. The number of ether oxygens (including phenoxy) is 1. The summed E-state index contributed by atoms with van der Waals surface area (Å²) in [4.78, 5) is 16.8. The van der Waals surface area contributed by atoms with Crippen molar-refractivity contribution in [2.75, 3.05) is 7.11 Å². The van der Waals surface area contributed by atoms with Gasteiger partial charge in [0.15, 0.2) is 0 Å². The van der Waals surface area contributed by atoms with Gasteiger partial charge in [-0.3, -0.25) is 4.79 Å². The summed E-state index contributed by atoms with van der Waals surface area (Å²) in [6.45, 7) is 5.97. The Labute approximate surface area is 146 Å². The van der Waals surface area contributed by atoms with Gasteiger partial charge in [-0.15, -0.1) is 0 Å². The zero-order valence-corrected chi connectivity index (χ0v) is 14.7. The molecule has 2 aromatic heterocycles. The van der Waals surface area contributed by atoms with Gasteiger partial charge in [0.05, 0.1) is 29.8 Å². The molecule has 0 spiro atoms. The third-order valence-corrected chi connectivity index (χ3v) is 4.11. The number of carbonyl (C=O) groups excluding carboxylic acids is 1. The van der Waals surface area contributed by atoms with E-state index in [1.165, 1.54) is 6.20 Å². The molecule has 2 heterocycles. The Morgan fingerprint density at radius 3 is 2.76 bits per heavy atom. The maximum absolute atomic E-state index is 12.6. The molecule has 6 heteroatoms. The number of pyridine rings is 1. The smallest absolute Gasteiger partial charge is 0.257 e. The minimum absolute atomic E-state index is 0.162. The number of hydrogen-bond acceptors (Lipinski definition) is 5. The molecule has 1 atom stereocenters. The van der Waals surface area contributed by atoms with E-state index in [1.807, 2.05) is 45.0 Å². The van der Waals surface area contributed by atoms with Gasteiger partial charge in [-0.1, -0.05) is 31.1 Å². The summed E-state index contributed by atoms with van der Waals surface area (Å²) < 4.78 is 10.4. The molecule has 130 valence electrons. The number of nitrogens with zero attached hydrogens (tertiary/aromatic N) is 2. The highest BCUT2D eigenvalue weighted by atomic mass is 16.5. The van der Waals surface area contributed by atoms with Crippen LogP contribution in [0.15, 0.2) is 41.1 Å². The molecule has 0 saturated carbocycles. The lowest BCUT2D eigenvalue weighted by atomic mass is 10.1. The molecule has 25 heavy (non-hydrogen) atoms. The van der Waals surface area contributed by atoms with Crippen LogP contribution in [0.25, 0.3) is 11.1 Å². The fourth-order valence-electron chi connectivity index (χ4n) is 2.66. The van der Waals surface area contributed by atoms with Gasteiger partial charge in [0.2, 0.25) is 0 Å². The van der Waals surface area contributed by atoms with Crippen LogP contribution in [-0.2, 0) is 0 Å². The summed E-state index contributed by atoms with van der Waals surface area (Å²) >= 11 is 0. The number of methoxy groups -OCH3 is 1. The summed E-state index contributed by atoms with van der Waals surface area (Å²) in [6, 6.07) is 9.24. The van der Waals surface area contributed by atoms with Crippen LogP contribution in [0.4, 0.5) is 0 Å². The summed E-state index contributed by atoms with van der Waals surface area (Å²) in [7, 11) is 1.62. The van der Waals surface area contributed by atoms with E-state index in [-0.39, 0.29) is 17.9 Å². The Bertz CT molecular complexity index is 902. The number of fused-ring (bicyclic) bond motifs is 1. The van der Waals surface area contributed by atoms with Crippen LogP contribution in [0.5, 0.6) is 5.75 Å². The minimum atomic E-state index is -0.194. The predicted molar refractivity (Wildman–Crippen MR) is 94.8 cm³/mol. The number of carbonyl (C=O) groups is 1. The van der Waals surface area contributed by atoms with Crippen molar-refractivity contribution in [1.29, 1.82) is 0 Å². The van der Waals surface area contributed by atoms with E-state index in [2.05, 4.69) is 15.5 Å². The first-order valence-electron chi connectivity index (χ1n) is 8.19. The second kappa shape index (κ2) is 6.93. The topological polar surface area (TPSA) is 77.2 Å². The number of aromatic nitrogens is 2. The average molecular weight is 339 g/mol. The van der Waals surface area contributed by atoms with Crippen molar-refractivity contribution in [3.63, 3.8) is 0 Å². The molecule has 6 nitrogen and oxygen atoms in total. The molecule has 0 aliphatic rings. The van der Waals surface area contributed by atoms with Crippen molar-refractivity contribution in [2.24, 2.45) is 0 Å². The molecule has 1 amide bonds. The lowest BCUT2D eigenvalue weighted by molar-refractivity contribution is 0.0939. The van der Waals surface area contributed by atoms with Gasteiger partial charge in [0, 0.05) is 6.20 Å². The van der Waals surface area contributed by atoms with E-state index < -0.39 is 0 Å². The lowest BCUT2D eigenvalue weighted by Gasteiger charge is -2.15. The van der Waals surface area contributed by atoms with Crippen molar-refractivity contribution in [3.8, 4) is 5.75 Å². The van der Waals surface area contributed by atoms with Crippen molar-refractivity contribution < 1.29 is 14.1 Å². The van der Waals surface area contributed by atoms with Gasteiger partial charge < -0.3 is 14.6 Å². The Morgan fingerprint density at radius 2 is 2.04 bits per heavy atom. The number of rotatable bonds is 5. The molecule has 0 radical (unpaired) electrons. The molecule has 0 aliphatic carbocycles. The van der Waals surface area contributed by atoms with Gasteiger partial charge in [-0.05, 0) is 36.6 Å². The molecule has 1 unspecified atom stereocenters. The third kappa shape index (κ3) is 3.47. The average Bonchev–Trinajstić information content (AvgIpc) is 3.05. The van der Waals surface area contributed by atoms with Crippen LogP contribution in [0.3, 0.4) is 0 Å². The second-order valence-electron chi connectivity index (χ2n) is 6.27. The van der Waals surface area contributed by atoms with E-state index >= 15 is 0 Å². The van der Waals surface area contributed by atoms with Crippen LogP contribution in [0.2, 0.25) is 0 Å². The third-order valence-electron chi connectivity index (χ3n) is 4.11. The maximum atomic E-state index is 12.6. The summed E-state index contributed by atoms with van der Waals surface area (Å²) in [6.07, 6.45) is 1.51. The summed E-state index contributed by atoms with van der Waals surface area (Å²) in [5.74, 6) is 0.755. The van der Waals surface area contributed by atoms with Gasteiger partial charge in [0.1, 0.15) is 5.75 Å². The molecule has 0 bridgehead atoms. The highest BCUT2D eigenvalue weighted by Crippen LogP contribution is 2.24. The molecular weight excluding hydrogens is 318 g/mol. The zero-order chi connectivity index (χ0) is 18.0. The van der Waals surface area contributed by atoms with E-state index in [4.69, 9.17) is 9.26 Å². The van der Waals surface area contributed by atoms with E-state index in [0.717, 1.165) is 22.4 Å². The van der Waals surface area contributed by atoms with Crippen molar-refractivity contribution in [2.45, 2.75) is 32.7 Å². The van der Waals surface area contributed by atoms with Gasteiger partial charge in [0.25, 0.3) is 11.6 Å². The molecule has 3 rings (SSSR count). The van der Waals surface area contributed by atoms with Crippen LogP contribution >= 0.6 is 0 Å². The molecule has 0 aliphatic heterocycles. The fraction of sp³-hybridized carbons (Fsp3) is 0.316. The maximum Gasteiger partial charge on any atom is 0.257 e. The Kier molecular flexibility index (Phi) is 4.70. The normalized spacial score (nSPS) is 12.4. The van der Waals surface area contributed by atoms with E-state index in [1.54, 1.807) is 13.2 Å². The number of nitrogens with one attached hydrogen (secondary N) is 1. The van der Waals surface area contributed by atoms with Crippen LogP contribution in [0, 0.1) is 0 Å². The minimum Gasteiger partial charge on any atom is -0.497 e. The van der Waals surface area contributed by atoms with Gasteiger partial charge >= 0.3 is 0 Å². The number of benzene rings is 1. The Morgan fingerprint density at radius 1 is 1.24 bits per heavy atom. The monoisotopic (exact) mass is 339 g/mol. The van der Waals surface area contributed by atoms with E-state index in [9.17, 15) is 4.79 Å². The fourth-order valence-corrected chi connectivity index (χ4v) is 2.66. The molecule has 1 aromatic carbocycles. The predicted octanol–water partition coefficient (Wildman–Crippen LogP) is 3.85. The quantitative estimate of drug-likeness (QED) is 0.764. The standard InChI is InChI=1S/C19H21N3O3/c1-11(2)17-16-9-14(10-20-19(16)25-22-17)18(23)21-12(3)13-6-5-7-15(8-13)24-4/h5-12H,1-4H3,(H,21,23). The van der Waals surface area contributed by atoms with Crippen LogP contribution < -0.4 is 10.1 Å². The van der Waals surface area contributed by atoms with Gasteiger partial charge in [-0.25, -0.2) is 4.98 Å². The zero-order valence-electron chi connectivity index (χ0n) is 14.7. The number of hydrogen-bond donors (Lipinski definition) is 1. The van der Waals surface area contributed by atoms with Crippen LogP contribution in [0.1, 0.15) is 54.3 Å². The summed E-state index contributed by atoms with van der Waals surface area (Å²) in [5.41, 5.74) is 2.70. The Hall–Kier alpha value is -2.89. The van der Waals surface area contributed by atoms with E-state index in [0.29, 0.717) is 11.3 Å². The first-order chi connectivity index (χ1) is 12.0. The SMILES string of the molecule is COc1cccc(C(C)NC(=O)c2cnc3onc(C(C)C)c3c2)c1. The lowest BCUT2D eigenvalue weighted by Crippen LogP contribution is -2.26. The molecule has 0 saturated heterocycles. The summed E-state index contributed by atoms with van der Waals surface area (Å²) in [5, 5.41) is 7.80. The molecule has 1 N–H and O–H groups in total. The Balaban J connectivity index is 1.82. The van der Waals surface area contributed by atoms with Crippen molar-refractivity contribution in [3.05, 3.63) is 53.3 Å². The second-order valence-corrected chi connectivity index (χ2v) is 6.27. The number of amides is 1. The van der Waals surface area contributed by atoms with Crippen molar-refractivity contribution >= 4 is 17.0 Å². The van der Waals surface area contributed by atoms with Crippen molar-refractivity contribution in [1.82, 2.24) is 15.5 Å². The largest absolute Gasteiger partial charge is 0.497 e. The first-order valence-corrected chi connectivity index (χ1v) is 8.19. The van der Waals surface area contributed by atoms with Gasteiger partial charge in [-0.2, -0.15) is 0 Å². The highest BCUT2D eigenvalue weighted by Gasteiger charge is 2.17. The molecule has 0 fully saturated rings. The highest BCUT2D eigenvalue weighted by molar-refractivity contribution is 5.97. The first kappa shape index (κ1) is 17.0.